The molecule has 0 spiro atoms. The number of carbonyl (C=O) groups excluding carboxylic acids is 1. The quantitative estimate of drug-likeness (QED) is 0.670. The molecule has 0 aliphatic rings. The summed E-state index contributed by atoms with van der Waals surface area (Å²) in [5.74, 6) is 0. The molecule has 1 heterocycles. The van der Waals surface area contributed by atoms with Crippen molar-refractivity contribution in [3.63, 3.8) is 0 Å². The van der Waals surface area contributed by atoms with Gasteiger partial charge < -0.3 is 10.5 Å². The standard InChI is InChI=1S/C14H13N3O4/c15-14(18)21-13(9-11-3-1-2-8-16-11)10-4-6-12(7-5-10)17(19)20/h1-8,13H,9H2,(H2,15,18). The van der Waals surface area contributed by atoms with Crippen molar-refractivity contribution in [1.82, 2.24) is 4.98 Å². The van der Waals surface area contributed by atoms with Crippen LogP contribution in [0.4, 0.5) is 10.5 Å². The van der Waals surface area contributed by atoms with Gasteiger partial charge in [0.15, 0.2) is 0 Å². The number of primary amides is 1. The molecule has 0 bridgehead atoms. The van der Waals surface area contributed by atoms with Crippen LogP contribution in [-0.2, 0) is 11.2 Å². The number of ether oxygens (including phenoxy) is 1. The van der Waals surface area contributed by atoms with E-state index in [9.17, 15) is 14.9 Å². The fourth-order valence-corrected chi connectivity index (χ4v) is 1.89. The van der Waals surface area contributed by atoms with Crippen molar-refractivity contribution < 1.29 is 14.5 Å². The number of nitrogens with zero attached hydrogens (tertiary/aromatic N) is 2. The number of amides is 1. The molecule has 0 aliphatic carbocycles. The highest BCUT2D eigenvalue weighted by atomic mass is 16.6. The highest BCUT2D eigenvalue weighted by Gasteiger charge is 2.18. The highest BCUT2D eigenvalue weighted by molar-refractivity contribution is 5.65. The van der Waals surface area contributed by atoms with Gasteiger partial charge in [-0.3, -0.25) is 15.1 Å². The predicted octanol–water partition coefficient (Wildman–Crippen LogP) is 2.37. The minimum Gasteiger partial charge on any atom is -0.441 e. The van der Waals surface area contributed by atoms with Crippen LogP contribution in [0.1, 0.15) is 17.4 Å². The topological polar surface area (TPSA) is 108 Å². The average Bonchev–Trinajstić information content (AvgIpc) is 2.47. The monoisotopic (exact) mass is 287 g/mol. The van der Waals surface area contributed by atoms with Crippen LogP contribution in [0.15, 0.2) is 48.7 Å². The van der Waals surface area contributed by atoms with E-state index in [0.29, 0.717) is 12.0 Å². The maximum atomic E-state index is 11.0. The number of carbonyl (C=O) groups is 1. The van der Waals surface area contributed by atoms with Crippen LogP contribution < -0.4 is 5.73 Å². The summed E-state index contributed by atoms with van der Waals surface area (Å²) in [6.07, 6.45) is 0.418. The molecule has 1 atom stereocenters. The fourth-order valence-electron chi connectivity index (χ4n) is 1.89. The van der Waals surface area contributed by atoms with Crippen LogP contribution in [0, 0.1) is 10.1 Å². The van der Waals surface area contributed by atoms with Crippen molar-refractivity contribution in [1.29, 1.82) is 0 Å². The Bertz CT molecular complexity index is 628. The Morgan fingerprint density at radius 1 is 1.29 bits per heavy atom. The first-order chi connectivity index (χ1) is 10.1. The van der Waals surface area contributed by atoms with E-state index in [0.717, 1.165) is 5.69 Å². The van der Waals surface area contributed by atoms with Gasteiger partial charge in [-0.05, 0) is 29.8 Å². The van der Waals surface area contributed by atoms with Gasteiger partial charge in [0.2, 0.25) is 0 Å². The second kappa shape index (κ2) is 6.47. The number of non-ortho nitro benzene ring substituents is 1. The van der Waals surface area contributed by atoms with Crippen molar-refractivity contribution in [2.75, 3.05) is 0 Å². The van der Waals surface area contributed by atoms with E-state index in [1.165, 1.54) is 24.3 Å². The van der Waals surface area contributed by atoms with Gasteiger partial charge in [-0.1, -0.05) is 6.07 Å². The van der Waals surface area contributed by atoms with Crippen LogP contribution in [0.25, 0.3) is 0 Å². The van der Waals surface area contributed by atoms with E-state index < -0.39 is 17.1 Å². The maximum Gasteiger partial charge on any atom is 0.405 e. The molecule has 2 rings (SSSR count). The van der Waals surface area contributed by atoms with Crippen molar-refractivity contribution in [3.05, 3.63) is 70.0 Å². The van der Waals surface area contributed by atoms with Gasteiger partial charge in [-0.15, -0.1) is 0 Å². The molecule has 0 saturated carbocycles. The minimum atomic E-state index is -0.908. The van der Waals surface area contributed by atoms with Gasteiger partial charge in [0.1, 0.15) is 6.10 Å². The summed E-state index contributed by atoms with van der Waals surface area (Å²) in [7, 11) is 0. The number of nitro groups is 1. The Morgan fingerprint density at radius 3 is 2.52 bits per heavy atom. The minimum absolute atomic E-state index is 0.0330. The Balaban J connectivity index is 2.22. The molecule has 108 valence electrons. The van der Waals surface area contributed by atoms with E-state index in [2.05, 4.69) is 4.98 Å². The van der Waals surface area contributed by atoms with Crippen LogP contribution in [0.5, 0.6) is 0 Å². The van der Waals surface area contributed by atoms with Gasteiger partial charge in [-0.2, -0.15) is 0 Å². The molecular formula is C14H13N3O4. The number of nitrogens with two attached hydrogens (primary N) is 1. The Labute approximate surface area is 120 Å². The fraction of sp³-hybridized carbons (Fsp3) is 0.143. The van der Waals surface area contributed by atoms with Gasteiger partial charge in [0.05, 0.1) is 4.92 Å². The molecular weight excluding hydrogens is 274 g/mol. The number of rotatable bonds is 5. The van der Waals surface area contributed by atoms with E-state index in [1.807, 2.05) is 6.07 Å². The largest absolute Gasteiger partial charge is 0.441 e. The molecule has 2 N–H and O–H groups in total. The van der Waals surface area contributed by atoms with Crippen LogP contribution in [-0.4, -0.2) is 16.0 Å². The second-order valence-electron chi connectivity index (χ2n) is 4.30. The first-order valence-corrected chi connectivity index (χ1v) is 6.16. The molecule has 2 aromatic rings. The predicted molar refractivity (Wildman–Crippen MR) is 74.4 cm³/mol. The van der Waals surface area contributed by atoms with Crippen molar-refractivity contribution >= 4 is 11.8 Å². The molecule has 1 aromatic heterocycles. The van der Waals surface area contributed by atoms with E-state index >= 15 is 0 Å². The smallest absolute Gasteiger partial charge is 0.405 e. The number of hydrogen-bond acceptors (Lipinski definition) is 5. The van der Waals surface area contributed by atoms with Crippen LogP contribution in [0.2, 0.25) is 0 Å². The third-order valence-electron chi connectivity index (χ3n) is 2.85. The zero-order valence-electron chi connectivity index (χ0n) is 11.0. The zero-order chi connectivity index (χ0) is 15.2. The normalized spacial score (nSPS) is 11.6. The molecule has 0 aliphatic heterocycles. The summed E-state index contributed by atoms with van der Waals surface area (Å²) in [6, 6.07) is 11.2. The first-order valence-electron chi connectivity index (χ1n) is 6.16. The number of hydrogen-bond donors (Lipinski definition) is 1. The molecule has 0 saturated heterocycles. The molecule has 0 radical (unpaired) electrons. The van der Waals surface area contributed by atoms with Crippen molar-refractivity contribution in [2.45, 2.75) is 12.5 Å². The first kappa shape index (κ1) is 14.4. The lowest BCUT2D eigenvalue weighted by molar-refractivity contribution is -0.384. The van der Waals surface area contributed by atoms with Gasteiger partial charge in [0.25, 0.3) is 5.69 Å². The van der Waals surface area contributed by atoms with Gasteiger partial charge in [-0.25, -0.2) is 4.79 Å². The third kappa shape index (κ3) is 4.00. The summed E-state index contributed by atoms with van der Waals surface area (Å²) in [5.41, 5.74) is 6.38. The maximum absolute atomic E-state index is 11.0. The van der Waals surface area contributed by atoms with E-state index in [-0.39, 0.29) is 5.69 Å². The number of aromatic nitrogens is 1. The van der Waals surface area contributed by atoms with Gasteiger partial charge >= 0.3 is 6.09 Å². The lowest BCUT2D eigenvalue weighted by atomic mass is 10.0. The van der Waals surface area contributed by atoms with E-state index in [1.54, 1.807) is 18.3 Å². The zero-order valence-corrected chi connectivity index (χ0v) is 11.0. The van der Waals surface area contributed by atoms with Crippen molar-refractivity contribution in [3.8, 4) is 0 Å². The Hall–Kier alpha value is -2.96. The molecule has 1 aromatic carbocycles. The second-order valence-corrected chi connectivity index (χ2v) is 4.30. The summed E-state index contributed by atoms with van der Waals surface area (Å²) < 4.78 is 5.07. The Morgan fingerprint density at radius 2 is 2.00 bits per heavy atom. The Kier molecular flexibility index (Phi) is 4.45. The summed E-state index contributed by atoms with van der Waals surface area (Å²) in [4.78, 5) is 25.3. The third-order valence-corrected chi connectivity index (χ3v) is 2.85. The van der Waals surface area contributed by atoms with Crippen molar-refractivity contribution in [2.24, 2.45) is 5.73 Å². The lowest BCUT2D eigenvalue weighted by Gasteiger charge is -2.16. The summed E-state index contributed by atoms with van der Waals surface area (Å²) in [6.45, 7) is 0. The summed E-state index contributed by atoms with van der Waals surface area (Å²) >= 11 is 0. The SMILES string of the molecule is NC(=O)OC(Cc1ccccn1)c1ccc([N+](=O)[O-])cc1. The number of benzene rings is 1. The van der Waals surface area contributed by atoms with E-state index in [4.69, 9.17) is 10.5 Å². The molecule has 21 heavy (non-hydrogen) atoms. The molecule has 0 fully saturated rings. The number of nitro benzene ring substituents is 1. The molecule has 7 nitrogen and oxygen atoms in total. The average molecular weight is 287 g/mol. The van der Waals surface area contributed by atoms with Crippen LogP contribution in [0.3, 0.4) is 0 Å². The molecule has 7 heteroatoms. The summed E-state index contributed by atoms with van der Waals surface area (Å²) in [5, 5.41) is 10.6. The highest BCUT2D eigenvalue weighted by Crippen LogP contribution is 2.24. The number of pyridine rings is 1. The van der Waals surface area contributed by atoms with Crippen LogP contribution >= 0.6 is 0 Å². The molecule has 1 unspecified atom stereocenters. The lowest BCUT2D eigenvalue weighted by Crippen LogP contribution is -2.19. The van der Waals surface area contributed by atoms with Gasteiger partial charge in [0, 0.05) is 30.4 Å². The molecule has 1 amide bonds.